The number of nitrogens with one attached hydrogen (secondary N) is 1. The van der Waals surface area contributed by atoms with E-state index in [-0.39, 0.29) is 52.9 Å². The highest BCUT2D eigenvalue weighted by Crippen LogP contribution is 2.41. The predicted molar refractivity (Wildman–Crippen MR) is 145 cm³/mol. The average Bonchev–Trinajstić information content (AvgIpc) is 3.71. The molecule has 1 fully saturated rings. The molecule has 41 heavy (non-hydrogen) atoms. The van der Waals surface area contributed by atoms with Crippen LogP contribution in [0.15, 0.2) is 33.7 Å². The number of amides is 2. The molecule has 0 aromatic carbocycles. The average molecular weight is 623 g/mol. The second-order valence-corrected chi connectivity index (χ2v) is 11.6. The van der Waals surface area contributed by atoms with Crippen LogP contribution in [-0.2, 0) is 30.6 Å². The Bertz CT molecular complexity index is 1470. The molecule has 20 heteroatoms. The lowest BCUT2D eigenvalue weighted by Gasteiger charge is -2.49. The highest BCUT2D eigenvalue weighted by atomic mass is 32.2. The number of fused-ring (bicyclic) bond motifs is 1. The Labute approximate surface area is 243 Å². The molecule has 3 atom stereocenters. The first-order chi connectivity index (χ1) is 19.7. The van der Waals surface area contributed by atoms with Gasteiger partial charge in [0.15, 0.2) is 5.13 Å². The summed E-state index contributed by atoms with van der Waals surface area (Å²) in [5, 5.41) is 36.4. The van der Waals surface area contributed by atoms with Gasteiger partial charge in [-0.15, -0.1) is 16.9 Å². The van der Waals surface area contributed by atoms with Gasteiger partial charge in [0.1, 0.15) is 23.2 Å². The second-order valence-electron chi connectivity index (χ2n) is 8.78. The smallest absolute Gasteiger partial charge is 0.352 e. The largest absolute Gasteiger partial charge is 0.481 e. The number of allylic oxidation sites excluding steroid dienone is 1. The van der Waals surface area contributed by atoms with E-state index in [2.05, 4.69) is 35.4 Å². The normalized spacial score (nSPS) is 22.0. The number of anilines is 1. The van der Waals surface area contributed by atoms with Gasteiger partial charge in [-0.2, -0.15) is 9.36 Å². The molecule has 0 bridgehead atoms. The number of aliphatic carboxylic acids is 2. The van der Waals surface area contributed by atoms with Crippen molar-refractivity contribution in [2.45, 2.75) is 48.5 Å². The van der Waals surface area contributed by atoms with Gasteiger partial charge in [0.05, 0.1) is 13.0 Å². The van der Waals surface area contributed by atoms with Crippen molar-refractivity contribution >= 4 is 69.7 Å². The van der Waals surface area contributed by atoms with Gasteiger partial charge in [-0.3, -0.25) is 19.3 Å². The maximum atomic E-state index is 13.2. The van der Waals surface area contributed by atoms with E-state index >= 15 is 0 Å². The molecular formula is C21H22N10O7S3. The highest BCUT2D eigenvalue weighted by molar-refractivity contribution is 8.01. The first-order valence-corrected chi connectivity index (χ1v) is 14.9. The summed E-state index contributed by atoms with van der Waals surface area (Å²) in [6.45, 7) is 0.0506. The van der Waals surface area contributed by atoms with Crippen molar-refractivity contribution < 1.29 is 34.2 Å². The molecule has 2 amide bonds. The molecule has 2 unspecified atom stereocenters. The number of β-lactam (4-membered cyclic amide) rings is 1. The van der Waals surface area contributed by atoms with Gasteiger partial charge in [0, 0.05) is 23.0 Å². The summed E-state index contributed by atoms with van der Waals surface area (Å²) in [5.41, 5.74) is 5.70. The molecule has 5 N–H and O–H groups in total. The van der Waals surface area contributed by atoms with E-state index in [1.54, 1.807) is 0 Å². The highest BCUT2D eigenvalue weighted by Gasteiger charge is 2.54. The summed E-state index contributed by atoms with van der Waals surface area (Å²) in [4.78, 5) is 60.0. The topological polar surface area (TPSA) is 241 Å². The minimum Gasteiger partial charge on any atom is -0.481 e. The molecule has 2 aromatic heterocycles. The lowest BCUT2D eigenvalue weighted by atomic mass is 10.0. The summed E-state index contributed by atoms with van der Waals surface area (Å²) >= 11 is 3.29. The molecule has 2 aliphatic heterocycles. The number of nitrogens with zero attached hydrogens (tertiary/aromatic N) is 8. The molecule has 0 saturated carbocycles. The van der Waals surface area contributed by atoms with Crippen molar-refractivity contribution in [2.75, 3.05) is 17.2 Å². The predicted octanol–water partition coefficient (Wildman–Crippen LogP) is -0.448. The lowest BCUT2D eigenvalue weighted by Crippen LogP contribution is -2.71. The third-order valence-electron chi connectivity index (χ3n) is 6.07. The number of thioether (sulfide) groups is 2. The van der Waals surface area contributed by atoms with Crippen molar-refractivity contribution in [3.05, 3.63) is 29.2 Å². The third-order valence-corrected chi connectivity index (χ3v) is 8.99. The van der Waals surface area contributed by atoms with Crippen LogP contribution in [-0.4, -0.2) is 103 Å². The van der Waals surface area contributed by atoms with E-state index in [0.717, 1.165) is 34.6 Å². The SMILES string of the molecule is Nc1nc(C(=NOC2C=CCC2)C(=O)NC2C(=O)N3C(C(=O)O)=C(CSc4nnnn4CCC(=O)O)CS[C@H]23)ns1. The standard InChI is InChI=1S/C21H22N10O7S3/c22-20-24-15(27-41-20)12(26-38-10-3-1-2-4-10)16(34)23-13-17(35)31-14(19(36)37)9(7-39-18(13)31)8-40-21-25-28-29-30(21)6-5-11(32)33/h1,3,10,13,18H,2,4-8H2,(H,23,34)(H,32,33)(H,36,37)(H2,22,24,27)/t10?,13?,18-/m1/s1. The zero-order chi connectivity index (χ0) is 29.1. The van der Waals surface area contributed by atoms with Gasteiger partial charge < -0.3 is 26.1 Å². The number of nitrogen functional groups attached to an aromatic ring is 1. The Kier molecular flexibility index (Phi) is 8.49. The van der Waals surface area contributed by atoms with Gasteiger partial charge in [-0.1, -0.05) is 23.0 Å². The molecule has 5 rings (SSSR count). The van der Waals surface area contributed by atoms with E-state index in [1.807, 2.05) is 12.2 Å². The maximum absolute atomic E-state index is 13.2. The molecule has 2 aromatic rings. The van der Waals surface area contributed by atoms with Crippen LogP contribution >= 0.6 is 35.1 Å². The van der Waals surface area contributed by atoms with Crippen molar-refractivity contribution in [1.82, 2.24) is 39.8 Å². The number of nitrogens with two attached hydrogens (primary N) is 1. The van der Waals surface area contributed by atoms with Crippen LogP contribution in [0.1, 0.15) is 25.1 Å². The van der Waals surface area contributed by atoms with E-state index in [9.17, 15) is 24.3 Å². The molecule has 0 radical (unpaired) electrons. The summed E-state index contributed by atoms with van der Waals surface area (Å²) in [7, 11) is 0. The molecular weight excluding hydrogens is 600 g/mol. The van der Waals surface area contributed by atoms with Gasteiger partial charge in [0.25, 0.3) is 11.8 Å². The third kappa shape index (κ3) is 6.17. The number of tetrazole rings is 1. The van der Waals surface area contributed by atoms with Gasteiger partial charge in [0.2, 0.25) is 16.7 Å². The summed E-state index contributed by atoms with van der Waals surface area (Å²) in [6, 6.07) is -1.02. The van der Waals surface area contributed by atoms with E-state index in [4.69, 9.17) is 15.7 Å². The number of carbonyl (C=O) groups excluding carboxylic acids is 2. The number of oxime groups is 1. The summed E-state index contributed by atoms with van der Waals surface area (Å²) < 4.78 is 5.35. The Balaban J connectivity index is 1.28. The molecule has 4 heterocycles. The number of carboxylic acids is 2. The first-order valence-electron chi connectivity index (χ1n) is 12.0. The number of hydrogen-bond acceptors (Lipinski definition) is 15. The zero-order valence-electron chi connectivity index (χ0n) is 20.9. The van der Waals surface area contributed by atoms with Crippen LogP contribution in [0.3, 0.4) is 0 Å². The minimum atomic E-state index is -1.29. The van der Waals surface area contributed by atoms with Gasteiger partial charge in [-0.25, -0.2) is 9.48 Å². The van der Waals surface area contributed by atoms with E-state index in [0.29, 0.717) is 17.2 Å². The van der Waals surface area contributed by atoms with Crippen LogP contribution in [0.2, 0.25) is 0 Å². The zero-order valence-corrected chi connectivity index (χ0v) is 23.4. The fourth-order valence-corrected chi connectivity index (χ4v) is 6.95. The quantitative estimate of drug-likeness (QED) is 0.0770. The fourth-order valence-electron chi connectivity index (χ4n) is 4.13. The van der Waals surface area contributed by atoms with Crippen LogP contribution in [0.4, 0.5) is 5.13 Å². The monoisotopic (exact) mass is 622 g/mol. The minimum absolute atomic E-state index is 0.0506. The molecule has 1 aliphatic carbocycles. The van der Waals surface area contributed by atoms with Crippen molar-refractivity contribution in [3.8, 4) is 0 Å². The van der Waals surface area contributed by atoms with Crippen molar-refractivity contribution in [1.29, 1.82) is 0 Å². The second kappa shape index (κ2) is 12.2. The molecule has 0 spiro atoms. The van der Waals surface area contributed by atoms with Crippen molar-refractivity contribution in [2.24, 2.45) is 5.16 Å². The number of carboxylic acid groups (broad SMARTS) is 2. The Morgan fingerprint density at radius 2 is 2.15 bits per heavy atom. The summed E-state index contributed by atoms with van der Waals surface area (Å²) in [5.74, 6) is -3.32. The number of aryl methyl sites for hydroxylation is 1. The number of carbonyl (C=O) groups is 4. The van der Waals surface area contributed by atoms with Gasteiger partial charge >= 0.3 is 11.9 Å². The molecule has 17 nitrogen and oxygen atoms in total. The first kappa shape index (κ1) is 28.5. The van der Waals surface area contributed by atoms with Crippen LogP contribution in [0.5, 0.6) is 0 Å². The van der Waals surface area contributed by atoms with Crippen LogP contribution in [0.25, 0.3) is 0 Å². The Morgan fingerprint density at radius 1 is 1.32 bits per heavy atom. The number of hydrogen-bond donors (Lipinski definition) is 4. The molecule has 3 aliphatic rings. The lowest BCUT2D eigenvalue weighted by molar-refractivity contribution is -0.150. The molecule has 216 valence electrons. The fraction of sp³-hybridized carbons (Fsp3) is 0.429. The van der Waals surface area contributed by atoms with E-state index in [1.165, 1.54) is 16.4 Å². The molecule has 1 saturated heterocycles. The van der Waals surface area contributed by atoms with Gasteiger partial charge in [-0.05, 0) is 34.9 Å². The summed E-state index contributed by atoms with van der Waals surface area (Å²) in [6.07, 6.45) is 4.77. The van der Waals surface area contributed by atoms with Crippen LogP contribution < -0.4 is 11.1 Å². The number of aromatic nitrogens is 6. The number of rotatable bonds is 12. The van der Waals surface area contributed by atoms with Crippen LogP contribution in [0, 0.1) is 0 Å². The van der Waals surface area contributed by atoms with E-state index < -0.39 is 35.2 Å². The Hall–Kier alpha value is -4.04. The Morgan fingerprint density at radius 3 is 2.83 bits per heavy atom. The van der Waals surface area contributed by atoms with Crippen molar-refractivity contribution in [3.63, 3.8) is 0 Å². The maximum Gasteiger partial charge on any atom is 0.352 e.